The fraction of sp³-hybridized carbons (Fsp3) is 0.909. The molecule has 1 saturated carbocycles. The lowest BCUT2D eigenvalue weighted by Crippen LogP contribution is -2.61. The van der Waals surface area contributed by atoms with Gasteiger partial charge in [-0.05, 0) is 13.3 Å². The minimum Gasteiger partial charge on any atom is -0.372 e. The lowest BCUT2D eigenvalue weighted by molar-refractivity contribution is -0.238. The highest BCUT2D eigenvalue weighted by atomic mass is 16.6. The van der Waals surface area contributed by atoms with Crippen molar-refractivity contribution in [3.8, 4) is 0 Å². The van der Waals surface area contributed by atoms with E-state index in [0.717, 1.165) is 6.42 Å². The van der Waals surface area contributed by atoms with E-state index >= 15 is 0 Å². The Bertz CT molecular complexity index is 259. The summed E-state index contributed by atoms with van der Waals surface area (Å²) >= 11 is 0. The normalized spacial score (nSPS) is 41.9. The van der Waals surface area contributed by atoms with Gasteiger partial charge in [0.15, 0.2) is 0 Å². The second-order valence-corrected chi connectivity index (χ2v) is 5.06. The van der Waals surface area contributed by atoms with E-state index < -0.39 is 5.41 Å². The lowest BCUT2D eigenvalue weighted by atomic mass is 9.66. The van der Waals surface area contributed by atoms with E-state index in [1.54, 1.807) is 0 Å². The van der Waals surface area contributed by atoms with Gasteiger partial charge in [-0.1, -0.05) is 13.8 Å². The number of Topliss-reactive ketones (excluding diaryl/α,β-unsaturated/α-hetero) is 1. The maximum absolute atomic E-state index is 11.8. The molecule has 0 aromatic heterocycles. The van der Waals surface area contributed by atoms with Crippen molar-refractivity contribution in [1.82, 2.24) is 0 Å². The first-order chi connectivity index (χ1) is 6.47. The summed E-state index contributed by atoms with van der Waals surface area (Å²) in [5.74, 6) is 0.297. The van der Waals surface area contributed by atoms with Crippen molar-refractivity contribution in [3.05, 3.63) is 0 Å². The molecule has 0 N–H and O–H groups in total. The van der Waals surface area contributed by atoms with Crippen LogP contribution < -0.4 is 0 Å². The van der Waals surface area contributed by atoms with E-state index in [1.807, 2.05) is 13.8 Å². The second-order valence-electron chi connectivity index (χ2n) is 5.06. The predicted molar refractivity (Wildman–Crippen MR) is 52.1 cm³/mol. The Labute approximate surface area is 84.8 Å². The molecule has 2 aliphatic rings. The minimum absolute atomic E-state index is 0.0787. The van der Waals surface area contributed by atoms with E-state index in [2.05, 4.69) is 6.92 Å². The topological polar surface area (TPSA) is 35.5 Å². The summed E-state index contributed by atoms with van der Waals surface area (Å²) in [6, 6.07) is 0. The Balaban J connectivity index is 2.30. The summed E-state index contributed by atoms with van der Waals surface area (Å²) in [6.07, 6.45) is 1.33. The van der Waals surface area contributed by atoms with Crippen molar-refractivity contribution in [1.29, 1.82) is 0 Å². The fourth-order valence-corrected chi connectivity index (χ4v) is 2.70. The van der Waals surface area contributed by atoms with E-state index in [-0.39, 0.29) is 11.7 Å². The van der Waals surface area contributed by atoms with Gasteiger partial charge in [0.05, 0.1) is 30.3 Å². The molecule has 0 spiro atoms. The first kappa shape index (κ1) is 10.1. The highest BCUT2D eigenvalue weighted by Gasteiger charge is 2.54. The highest BCUT2D eigenvalue weighted by molar-refractivity contribution is 5.86. The van der Waals surface area contributed by atoms with E-state index in [1.165, 1.54) is 0 Å². The second kappa shape index (κ2) is 3.04. The summed E-state index contributed by atoms with van der Waals surface area (Å²) in [5, 5.41) is 0. The third-order valence-electron chi connectivity index (χ3n) is 3.58. The molecule has 3 nitrogen and oxygen atoms in total. The Kier molecular flexibility index (Phi) is 2.20. The molecule has 14 heavy (non-hydrogen) atoms. The van der Waals surface area contributed by atoms with Gasteiger partial charge in [-0.15, -0.1) is 0 Å². The molecule has 1 heterocycles. The molecule has 0 unspecified atom stereocenters. The zero-order valence-corrected chi connectivity index (χ0v) is 9.13. The highest BCUT2D eigenvalue weighted by Crippen LogP contribution is 2.44. The first-order valence-corrected chi connectivity index (χ1v) is 5.26. The van der Waals surface area contributed by atoms with Gasteiger partial charge >= 0.3 is 0 Å². The average molecular weight is 198 g/mol. The molecule has 2 atom stereocenters. The predicted octanol–water partition coefficient (Wildman–Crippen LogP) is 1.55. The number of rotatable bonds is 0. The molecule has 0 aromatic carbocycles. The molecule has 2 fully saturated rings. The van der Waals surface area contributed by atoms with Gasteiger partial charge in [0, 0.05) is 6.42 Å². The lowest BCUT2D eigenvalue weighted by Gasteiger charge is -2.51. The van der Waals surface area contributed by atoms with E-state index in [9.17, 15) is 4.79 Å². The van der Waals surface area contributed by atoms with Gasteiger partial charge in [-0.3, -0.25) is 4.79 Å². The maximum atomic E-state index is 11.8. The molecular formula is C11H18O3. The number of hydrogen-bond acceptors (Lipinski definition) is 3. The number of fused-ring (bicyclic) bond motifs is 1. The largest absolute Gasteiger partial charge is 0.372 e. The molecule has 0 bridgehead atoms. The van der Waals surface area contributed by atoms with Crippen molar-refractivity contribution in [2.24, 2.45) is 5.41 Å². The van der Waals surface area contributed by atoms with Crippen molar-refractivity contribution in [3.63, 3.8) is 0 Å². The third-order valence-corrected chi connectivity index (χ3v) is 3.58. The summed E-state index contributed by atoms with van der Waals surface area (Å²) in [6.45, 7) is 7.25. The van der Waals surface area contributed by atoms with Crippen LogP contribution in [0.1, 0.15) is 33.6 Å². The molecular weight excluding hydrogens is 180 g/mol. The van der Waals surface area contributed by atoms with Crippen LogP contribution in [-0.4, -0.2) is 30.7 Å². The zero-order chi connectivity index (χ0) is 10.4. The van der Waals surface area contributed by atoms with Crippen LogP contribution in [0.25, 0.3) is 0 Å². The van der Waals surface area contributed by atoms with Crippen molar-refractivity contribution < 1.29 is 14.3 Å². The van der Waals surface area contributed by atoms with Crippen LogP contribution in [-0.2, 0) is 14.3 Å². The minimum atomic E-state index is -0.395. The number of carbonyl (C=O) groups is 1. The van der Waals surface area contributed by atoms with Crippen molar-refractivity contribution in [2.45, 2.75) is 45.3 Å². The Morgan fingerprint density at radius 1 is 1.29 bits per heavy atom. The molecule has 1 saturated heterocycles. The van der Waals surface area contributed by atoms with Crippen LogP contribution in [0.3, 0.4) is 0 Å². The molecule has 1 aliphatic heterocycles. The maximum Gasteiger partial charge on any atom is 0.141 e. The fourth-order valence-electron chi connectivity index (χ4n) is 2.70. The Morgan fingerprint density at radius 2 is 2.00 bits per heavy atom. The molecule has 0 amide bonds. The van der Waals surface area contributed by atoms with Crippen molar-refractivity contribution in [2.75, 3.05) is 13.2 Å². The average Bonchev–Trinajstić information content (AvgIpc) is 2.13. The van der Waals surface area contributed by atoms with Gasteiger partial charge < -0.3 is 9.47 Å². The molecule has 80 valence electrons. The van der Waals surface area contributed by atoms with Crippen LogP contribution in [0, 0.1) is 5.41 Å². The summed E-state index contributed by atoms with van der Waals surface area (Å²) in [4.78, 5) is 11.8. The summed E-state index contributed by atoms with van der Waals surface area (Å²) in [7, 11) is 0. The van der Waals surface area contributed by atoms with Crippen LogP contribution >= 0.6 is 0 Å². The van der Waals surface area contributed by atoms with Crippen LogP contribution in [0.2, 0.25) is 0 Å². The first-order valence-electron chi connectivity index (χ1n) is 5.26. The molecule has 0 radical (unpaired) electrons. The summed E-state index contributed by atoms with van der Waals surface area (Å²) in [5.41, 5.74) is -0.650. The van der Waals surface area contributed by atoms with E-state index in [0.29, 0.717) is 25.4 Å². The van der Waals surface area contributed by atoms with Crippen molar-refractivity contribution >= 4 is 5.78 Å². The number of hydrogen-bond donors (Lipinski definition) is 0. The smallest absolute Gasteiger partial charge is 0.141 e. The Morgan fingerprint density at radius 3 is 2.71 bits per heavy atom. The molecule has 3 heteroatoms. The SMILES string of the molecule is CC1(C)C(=O)CC[C@]2(C)OCCO[C@@H]12. The van der Waals surface area contributed by atoms with Crippen LogP contribution in [0.15, 0.2) is 0 Å². The zero-order valence-electron chi connectivity index (χ0n) is 9.13. The van der Waals surface area contributed by atoms with Crippen LogP contribution in [0.5, 0.6) is 0 Å². The third kappa shape index (κ3) is 1.30. The molecule has 2 rings (SSSR count). The van der Waals surface area contributed by atoms with Gasteiger partial charge in [0.2, 0.25) is 0 Å². The number of ketones is 1. The summed E-state index contributed by atoms with van der Waals surface area (Å²) < 4.78 is 11.5. The number of carbonyl (C=O) groups excluding carboxylic acids is 1. The molecule has 1 aliphatic carbocycles. The molecule has 0 aromatic rings. The standard InChI is InChI=1S/C11H18O3/c1-10(2)8(12)4-5-11(3)9(10)13-6-7-14-11/h9H,4-7H2,1-3H3/t9-,11-/m0/s1. The van der Waals surface area contributed by atoms with Gasteiger partial charge in [-0.2, -0.15) is 0 Å². The van der Waals surface area contributed by atoms with Crippen LogP contribution in [0.4, 0.5) is 0 Å². The number of ether oxygens (including phenoxy) is 2. The Hall–Kier alpha value is -0.410. The van der Waals surface area contributed by atoms with Gasteiger partial charge in [-0.25, -0.2) is 0 Å². The quantitative estimate of drug-likeness (QED) is 0.592. The van der Waals surface area contributed by atoms with Gasteiger partial charge in [0.25, 0.3) is 0 Å². The van der Waals surface area contributed by atoms with E-state index in [4.69, 9.17) is 9.47 Å². The van der Waals surface area contributed by atoms with Gasteiger partial charge in [0.1, 0.15) is 5.78 Å². The monoisotopic (exact) mass is 198 g/mol.